The fourth-order valence-corrected chi connectivity index (χ4v) is 13.5. The van der Waals surface area contributed by atoms with Crippen LogP contribution in [0.25, 0.3) is 164 Å². The van der Waals surface area contributed by atoms with Crippen molar-refractivity contribution in [3.8, 4) is 45.5 Å². The lowest BCUT2D eigenvalue weighted by Crippen LogP contribution is -2.04. The second-order valence-corrected chi connectivity index (χ2v) is 21.0. The van der Waals surface area contributed by atoms with Crippen LogP contribution in [0.5, 0.6) is 0 Å². The fourth-order valence-electron chi connectivity index (χ4n) is 12.4. The quantitative estimate of drug-likeness (QED) is 0.172. The van der Waals surface area contributed by atoms with Gasteiger partial charge in [0.2, 0.25) is 0 Å². The number of para-hydroxylation sites is 2. The van der Waals surface area contributed by atoms with Gasteiger partial charge in [-0.25, -0.2) is 15.0 Å². The molecule has 6 nitrogen and oxygen atoms in total. The van der Waals surface area contributed by atoms with E-state index in [4.69, 9.17) is 19.4 Å². The van der Waals surface area contributed by atoms with E-state index < -0.39 is 0 Å². The van der Waals surface area contributed by atoms with Gasteiger partial charge in [-0.3, -0.25) is 0 Å². The molecule has 0 saturated heterocycles. The number of hydrogen-bond donors (Lipinski definition) is 0. The summed E-state index contributed by atoms with van der Waals surface area (Å²) >= 11 is 1.80. The van der Waals surface area contributed by atoms with Crippen LogP contribution in [0.2, 0.25) is 0 Å². The summed E-state index contributed by atoms with van der Waals surface area (Å²) in [6.07, 6.45) is 0. The lowest BCUT2D eigenvalue weighted by molar-refractivity contribution is 0.669. The van der Waals surface area contributed by atoms with Gasteiger partial charge in [0.1, 0.15) is 11.2 Å². The first-order valence-corrected chi connectivity index (χ1v) is 26.5. The first-order valence-electron chi connectivity index (χ1n) is 25.7. The largest absolute Gasteiger partial charge is 0.456 e. The maximum absolute atomic E-state index is 6.98. The summed E-state index contributed by atoms with van der Waals surface area (Å²) in [5.41, 5.74) is 10.7. The molecule has 5 heterocycles. The smallest absolute Gasteiger partial charge is 0.166 e. The first kappa shape index (κ1) is 41.5. The molecule has 0 saturated carbocycles. The van der Waals surface area contributed by atoms with Crippen molar-refractivity contribution in [2.75, 3.05) is 0 Å². The lowest BCUT2D eigenvalue weighted by Gasteiger charge is -2.16. The van der Waals surface area contributed by atoms with Crippen LogP contribution in [-0.4, -0.2) is 24.1 Å². The minimum absolute atomic E-state index is 0.559. The molecule has 0 atom stereocenters. The van der Waals surface area contributed by atoms with Crippen molar-refractivity contribution in [1.82, 2.24) is 24.1 Å². The van der Waals surface area contributed by atoms with Gasteiger partial charge in [0.05, 0.1) is 27.8 Å². The van der Waals surface area contributed by atoms with Crippen LogP contribution < -0.4 is 0 Å². The average Bonchev–Trinajstić information content (AvgIpc) is 4.41. The van der Waals surface area contributed by atoms with Crippen molar-refractivity contribution in [3.63, 3.8) is 0 Å². The summed E-state index contributed by atoms with van der Waals surface area (Å²) in [5, 5.41) is 15.9. The normalized spacial score (nSPS) is 12.2. The lowest BCUT2D eigenvalue weighted by atomic mass is 10.0. The molecule has 7 heteroatoms. The van der Waals surface area contributed by atoms with Crippen molar-refractivity contribution in [3.05, 3.63) is 237 Å². The molecule has 76 heavy (non-hydrogen) atoms. The van der Waals surface area contributed by atoms with Gasteiger partial charge in [0, 0.05) is 80.9 Å². The Balaban J connectivity index is 1.04. The Hall–Kier alpha value is -9.95. The second kappa shape index (κ2) is 15.8. The molecule has 352 valence electrons. The molecule has 0 aliphatic rings. The van der Waals surface area contributed by atoms with Crippen molar-refractivity contribution in [2.24, 2.45) is 0 Å². The monoisotopic (exact) mass is 985 g/mol. The number of rotatable bonds is 5. The zero-order chi connectivity index (χ0) is 49.6. The molecule has 0 aliphatic heterocycles. The van der Waals surface area contributed by atoms with Gasteiger partial charge in [-0.15, -0.1) is 11.3 Å². The van der Waals surface area contributed by atoms with Crippen LogP contribution in [-0.2, 0) is 0 Å². The van der Waals surface area contributed by atoms with E-state index in [1.165, 1.54) is 41.7 Å². The van der Waals surface area contributed by atoms with E-state index in [2.05, 4.69) is 246 Å². The van der Waals surface area contributed by atoms with E-state index in [1.54, 1.807) is 11.3 Å². The van der Waals surface area contributed by atoms with E-state index >= 15 is 0 Å². The second-order valence-electron chi connectivity index (χ2n) is 19.9. The summed E-state index contributed by atoms with van der Waals surface area (Å²) in [6.45, 7) is 0. The topological polar surface area (TPSA) is 61.7 Å². The number of nitrogens with zero attached hydrogens (tertiary/aromatic N) is 5. The number of thiophene rings is 1. The van der Waals surface area contributed by atoms with Crippen LogP contribution in [0.3, 0.4) is 0 Å². The molecule has 0 unspecified atom stereocenters. The van der Waals surface area contributed by atoms with Crippen molar-refractivity contribution in [1.29, 1.82) is 0 Å². The van der Waals surface area contributed by atoms with Gasteiger partial charge in [0.15, 0.2) is 17.5 Å². The summed E-state index contributed by atoms with van der Waals surface area (Å²) in [5.74, 6) is 1.75. The number of aromatic nitrogens is 5. The standard InChI is InChI=1S/C69H39N5OS/c1-2-21-45(22-3-1)73-55-28-12-10-24-47(55)65-49(26-14-29-56(65)73)67-70-68(50-27-15-31-63-66(50)48-25-11-13-30-62(48)76-63)72-69(71-67)54-38-52-51-34-41-17-5-7-20-44(41)37-60(51)75-61(52)39-59(54)74-57-33-32-40-16-8-9-23-46(40)64(57)53-35-42-18-4-6-19-43(42)36-58(53)74/h1-39H. The first-order chi connectivity index (χ1) is 37.7. The molecule has 0 amide bonds. The van der Waals surface area contributed by atoms with E-state index in [0.717, 1.165) is 104 Å². The highest BCUT2D eigenvalue weighted by Gasteiger charge is 2.26. The minimum atomic E-state index is 0.559. The number of benzene rings is 12. The Kier molecular flexibility index (Phi) is 8.62. The molecular formula is C69H39N5OS. The van der Waals surface area contributed by atoms with Crippen LogP contribution in [0.15, 0.2) is 241 Å². The third-order valence-corrected chi connectivity index (χ3v) is 16.8. The predicted molar refractivity (Wildman–Crippen MR) is 317 cm³/mol. The Morgan fingerprint density at radius 3 is 1.64 bits per heavy atom. The molecule has 12 aromatic carbocycles. The molecule has 17 aromatic rings. The Morgan fingerprint density at radius 1 is 0.303 bits per heavy atom. The van der Waals surface area contributed by atoms with Crippen molar-refractivity contribution < 1.29 is 4.42 Å². The molecule has 0 N–H and O–H groups in total. The van der Waals surface area contributed by atoms with E-state index in [9.17, 15) is 0 Å². The van der Waals surface area contributed by atoms with Crippen LogP contribution in [0.4, 0.5) is 0 Å². The van der Waals surface area contributed by atoms with Gasteiger partial charge in [0.25, 0.3) is 0 Å². The summed E-state index contributed by atoms with van der Waals surface area (Å²) in [6, 6.07) is 85.0. The third-order valence-electron chi connectivity index (χ3n) is 15.7. The average molecular weight is 986 g/mol. The summed E-state index contributed by atoms with van der Waals surface area (Å²) in [4.78, 5) is 17.1. The minimum Gasteiger partial charge on any atom is -0.456 e. The Bertz CT molecular complexity index is 5310. The molecule has 0 fully saturated rings. The highest BCUT2D eigenvalue weighted by Crippen LogP contribution is 2.46. The van der Waals surface area contributed by atoms with E-state index in [1.807, 2.05) is 0 Å². The number of fused-ring (bicyclic) bond motifs is 16. The molecule has 0 spiro atoms. The predicted octanol–water partition coefficient (Wildman–Crippen LogP) is 18.8. The maximum atomic E-state index is 6.98. The highest BCUT2D eigenvalue weighted by molar-refractivity contribution is 7.25. The molecule has 17 rings (SSSR count). The third kappa shape index (κ3) is 6.00. The summed E-state index contributed by atoms with van der Waals surface area (Å²) in [7, 11) is 0. The maximum Gasteiger partial charge on any atom is 0.166 e. The van der Waals surface area contributed by atoms with Gasteiger partial charge < -0.3 is 13.6 Å². The zero-order valence-corrected chi connectivity index (χ0v) is 41.4. The number of furan rings is 1. The van der Waals surface area contributed by atoms with Crippen molar-refractivity contribution in [2.45, 2.75) is 0 Å². The molecule has 0 radical (unpaired) electrons. The van der Waals surface area contributed by atoms with E-state index in [0.29, 0.717) is 17.5 Å². The Labute approximate surface area is 437 Å². The number of hydrogen-bond acceptors (Lipinski definition) is 5. The highest BCUT2D eigenvalue weighted by atomic mass is 32.1. The van der Waals surface area contributed by atoms with Gasteiger partial charge in [-0.05, 0) is 105 Å². The summed E-state index contributed by atoms with van der Waals surface area (Å²) < 4.78 is 14.2. The molecular weight excluding hydrogens is 947 g/mol. The fraction of sp³-hybridized carbons (Fsp3) is 0. The SMILES string of the molecule is c1ccc(-n2c3ccccc3c3c(-c4nc(-c5cc6c(cc5-n5c7cc8ccccc8cc7c7c8ccccc8ccc75)oc5cc7ccccc7cc56)nc(-c5cccc6sc7ccccc7c56)n4)cccc32)cc1. The van der Waals surface area contributed by atoms with Gasteiger partial charge >= 0.3 is 0 Å². The van der Waals surface area contributed by atoms with Crippen LogP contribution in [0.1, 0.15) is 0 Å². The molecule has 5 aromatic heterocycles. The van der Waals surface area contributed by atoms with Gasteiger partial charge in [-0.2, -0.15) is 0 Å². The van der Waals surface area contributed by atoms with E-state index in [-0.39, 0.29) is 0 Å². The van der Waals surface area contributed by atoms with Crippen LogP contribution >= 0.6 is 11.3 Å². The van der Waals surface area contributed by atoms with Gasteiger partial charge in [-0.1, -0.05) is 158 Å². The molecule has 0 bridgehead atoms. The van der Waals surface area contributed by atoms with Crippen LogP contribution in [0, 0.1) is 0 Å². The molecule has 0 aliphatic carbocycles. The van der Waals surface area contributed by atoms with Crippen molar-refractivity contribution >= 4 is 129 Å². The Morgan fingerprint density at radius 2 is 0.855 bits per heavy atom. The zero-order valence-electron chi connectivity index (χ0n) is 40.6.